The molecule has 1 aromatic heterocycles. The topological polar surface area (TPSA) is 81.4 Å². The van der Waals surface area contributed by atoms with Crippen LogP contribution < -0.4 is 10.3 Å². The van der Waals surface area contributed by atoms with Gasteiger partial charge in [-0.1, -0.05) is 0 Å². The summed E-state index contributed by atoms with van der Waals surface area (Å²) < 4.78 is 6.33. The Balaban J connectivity index is 2.39. The third kappa shape index (κ3) is 3.47. The Labute approximate surface area is 121 Å². The normalized spacial score (nSPS) is 10.4. The van der Waals surface area contributed by atoms with E-state index in [1.165, 1.54) is 4.68 Å². The van der Waals surface area contributed by atoms with Crippen molar-refractivity contribution in [3.8, 4) is 17.0 Å². The van der Waals surface area contributed by atoms with Crippen molar-refractivity contribution >= 4 is 5.97 Å². The van der Waals surface area contributed by atoms with Crippen molar-refractivity contribution in [2.75, 3.05) is 7.11 Å². The Hall–Kier alpha value is -2.63. The van der Waals surface area contributed by atoms with Crippen LogP contribution >= 0.6 is 0 Å². The predicted octanol–water partition coefficient (Wildman–Crippen LogP) is 1.47. The lowest BCUT2D eigenvalue weighted by atomic mass is 10.1. The maximum atomic E-state index is 12.0. The van der Waals surface area contributed by atoms with Gasteiger partial charge in [-0.2, -0.15) is 5.10 Å². The highest BCUT2D eigenvalue weighted by molar-refractivity contribution is 5.67. The molecule has 2 rings (SSSR count). The minimum Gasteiger partial charge on any atom is -0.497 e. The average molecular weight is 288 g/mol. The molecule has 0 fully saturated rings. The summed E-state index contributed by atoms with van der Waals surface area (Å²) in [6, 6.07) is 8.93. The van der Waals surface area contributed by atoms with Gasteiger partial charge in [0.25, 0.3) is 5.56 Å². The number of methoxy groups -OCH3 is 1. The van der Waals surface area contributed by atoms with E-state index in [-0.39, 0.29) is 18.4 Å². The van der Waals surface area contributed by atoms with E-state index < -0.39 is 5.97 Å². The van der Waals surface area contributed by atoms with Gasteiger partial charge in [0.05, 0.1) is 12.8 Å². The molecular weight excluding hydrogens is 272 g/mol. The summed E-state index contributed by atoms with van der Waals surface area (Å²) in [6.07, 6.45) is 0.106. The van der Waals surface area contributed by atoms with Crippen molar-refractivity contribution in [2.24, 2.45) is 7.05 Å². The van der Waals surface area contributed by atoms with E-state index in [4.69, 9.17) is 9.84 Å². The van der Waals surface area contributed by atoms with E-state index >= 15 is 0 Å². The molecule has 0 bridgehead atoms. The molecule has 0 unspecified atom stereocenters. The minimum atomic E-state index is -0.931. The second-order valence-corrected chi connectivity index (χ2v) is 4.61. The molecule has 0 amide bonds. The number of aliphatic carboxylic acids is 1. The average Bonchev–Trinajstić information content (AvgIpc) is 2.48. The lowest BCUT2D eigenvalue weighted by Crippen LogP contribution is -2.24. The van der Waals surface area contributed by atoms with Crippen LogP contribution in [0.25, 0.3) is 11.3 Å². The molecule has 0 saturated heterocycles. The van der Waals surface area contributed by atoms with Crippen molar-refractivity contribution in [2.45, 2.75) is 12.8 Å². The summed E-state index contributed by atoms with van der Waals surface area (Å²) in [7, 11) is 3.14. The molecule has 21 heavy (non-hydrogen) atoms. The first kappa shape index (κ1) is 14.8. The number of rotatable bonds is 5. The number of hydrogen-bond donors (Lipinski definition) is 1. The summed E-state index contributed by atoms with van der Waals surface area (Å²) in [5.74, 6) is -0.200. The molecule has 6 heteroatoms. The zero-order valence-corrected chi connectivity index (χ0v) is 11.9. The lowest BCUT2D eigenvalue weighted by molar-refractivity contribution is -0.136. The number of nitrogens with zero attached hydrogens (tertiary/aromatic N) is 2. The molecule has 0 saturated carbocycles. The molecule has 0 aliphatic heterocycles. The molecule has 1 heterocycles. The van der Waals surface area contributed by atoms with Crippen LogP contribution in [-0.2, 0) is 18.3 Å². The second kappa shape index (κ2) is 6.21. The number of hydrogen-bond acceptors (Lipinski definition) is 4. The number of carbonyl (C=O) groups is 1. The largest absolute Gasteiger partial charge is 0.497 e. The van der Waals surface area contributed by atoms with Gasteiger partial charge < -0.3 is 9.84 Å². The molecule has 1 N–H and O–H groups in total. The van der Waals surface area contributed by atoms with E-state index in [9.17, 15) is 9.59 Å². The quantitative estimate of drug-likeness (QED) is 0.901. The van der Waals surface area contributed by atoms with Gasteiger partial charge in [-0.05, 0) is 36.8 Å². The van der Waals surface area contributed by atoms with Crippen molar-refractivity contribution in [3.05, 3.63) is 46.2 Å². The Morgan fingerprint density at radius 3 is 2.57 bits per heavy atom. The summed E-state index contributed by atoms with van der Waals surface area (Å²) >= 11 is 0. The number of ether oxygens (including phenoxy) is 1. The molecule has 0 aliphatic carbocycles. The third-order valence-corrected chi connectivity index (χ3v) is 3.13. The van der Waals surface area contributed by atoms with E-state index in [0.29, 0.717) is 11.3 Å². The Morgan fingerprint density at radius 1 is 1.33 bits per heavy atom. The summed E-state index contributed by atoms with van der Waals surface area (Å²) in [5.41, 5.74) is 1.64. The number of carboxylic acids is 1. The van der Waals surface area contributed by atoms with Crippen molar-refractivity contribution in [3.63, 3.8) is 0 Å². The van der Waals surface area contributed by atoms with Crippen LogP contribution in [0.1, 0.15) is 12.0 Å². The zero-order chi connectivity index (χ0) is 15.4. The van der Waals surface area contributed by atoms with Crippen LogP contribution in [0.3, 0.4) is 0 Å². The van der Waals surface area contributed by atoms with Gasteiger partial charge >= 0.3 is 5.97 Å². The summed E-state index contributed by atoms with van der Waals surface area (Å²) in [6.45, 7) is 0. The van der Waals surface area contributed by atoms with E-state index in [1.54, 1.807) is 32.4 Å². The molecular formula is C15H16N2O4. The van der Waals surface area contributed by atoms with E-state index in [0.717, 1.165) is 11.3 Å². The first-order valence-corrected chi connectivity index (χ1v) is 6.44. The zero-order valence-electron chi connectivity index (χ0n) is 11.9. The van der Waals surface area contributed by atoms with Gasteiger partial charge in [0.2, 0.25) is 0 Å². The molecule has 0 radical (unpaired) electrons. The fourth-order valence-electron chi connectivity index (χ4n) is 1.99. The molecule has 0 atom stereocenters. The fourth-order valence-corrected chi connectivity index (χ4v) is 1.99. The molecule has 2 aromatic rings. The van der Waals surface area contributed by atoms with Crippen molar-refractivity contribution in [1.29, 1.82) is 0 Å². The lowest BCUT2D eigenvalue weighted by Gasteiger charge is -2.07. The summed E-state index contributed by atoms with van der Waals surface area (Å²) in [5, 5.41) is 12.9. The van der Waals surface area contributed by atoms with Crippen LogP contribution in [0.4, 0.5) is 0 Å². The smallest absolute Gasteiger partial charge is 0.303 e. The minimum absolute atomic E-state index is 0.0820. The predicted molar refractivity (Wildman–Crippen MR) is 77.4 cm³/mol. The second-order valence-electron chi connectivity index (χ2n) is 4.61. The van der Waals surface area contributed by atoms with Crippen LogP contribution in [-0.4, -0.2) is 28.0 Å². The van der Waals surface area contributed by atoms with E-state index in [1.807, 2.05) is 12.1 Å². The molecule has 1 aromatic carbocycles. The highest BCUT2D eigenvalue weighted by Gasteiger charge is 2.10. The number of aryl methyl sites for hydroxylation is 2. The van der Waals surface area contributed by atoms with E-state index in [2.05, 4.69) is 5.10 Å². The fraction of sp³-hybridized carbons (Fsp3) is 0.267. The standard InChI is InChI=1S/C15H16N2O4/c1-17-15(20)11(5-8-14(18)19)9-13(16-17)10-3-6-12(21-2)7-4-10/h3-4,6-7,9H,5,8H2,1-2H3,(H,18,19). The molecule has 110 valence electrons. The molecule has 0 spiro atoms. The van der Waals surface area contributed by atoms with Crippen LogP contribution in [0.15, 0.2) is 35.1 Å². The van der Waals surface area contributed by atoms with Gasteiger partial charge in [-0.25, -0.2) is 4.68 Å². The third-order valence-electron chi connectivity index (χ3n) is 3.13. The Kier molecular flexibility index (Phi) is 4.37. The van der Waals surface area contributed by atoms with Gasteiger partial charge in [-0.3, -0.25) is 9.59 Å². The Morgan fingerprint density at radius 2 is 2.00 bits per heavy atom. The molecule has 0 aliphatic rings. The monoisotopic (exact) mass is 288 g/mol. The maximum Gasteiger partial charge on any atom is 0.303 e. The van der Waals surface area contributed by atoms with Gasteiger partial charge in [0.15, 0.2) is 0 Å². The number of carboxylic acid groups (broad SMARTS) is 1. The number of benzene rings is 1. The van der Waals surface area contributed by atoms with Gasteiger partial charge in [0, 0.05) is 24.6 Å². The van der Waals surface area contributed by atoms with Crippen molar-refractivity contribution < 1.29 is 14.6 Å². The SMILES string of the molecule is COc1ccc(-c2cc(CCC(=O)O)c(=O)n(C)n2)cc1. The summed E-state index contributed by atoms with van der Waals surface area (Å²) in [4.78, 5) is 22.6. The number of aromatic nitrogens is 2. The first-order chi connectivity index (χ1) is 10.0. The first-order valence-electron chi connectivity index (χ1n) is 6.44. The van der Waals surface area contributed by atoms with Crippen LogP contribution in [0.5, 0.6) is 5.75 Å². The molecule has 6 nitrogen and oxygen atoms in total. The Bertz CT molecular complexity index is 705. The van der Waals surface area contributed by atoms with Gasteiger partial charge in [-0.15, -0.1) is 0 Å². The van der Waals surface area contributed by atoms with Crippen molar-refractivity contribution in [1.82, 2.24) is 9.78 Å². The highest BCUT2D eigenvalue weighted by Crippen LogP contribution is 2.20. The highest BCUT2D eigenvalue weighted by atomic mass is 16.5. The van der Waals surface area contributed by atoms with Gasteiger partial charge in [0.1, 0.15) is 5.75 Å². The maximum absolute atomic E-state index is 12.0. The van der Waals surface area contributed by atoms with Crippen LogP contribution in [0.2, 0.25) is 0 Å². The van der Waals surface area contributed by atoms with Crippen LogP contribution in [0, 0.1) is 0 Å².